The average molecular weight is 713 g/mol. The minimum atomic E-state index is -0.373. The van der Waals surface area contributed by atoms with E-state index in [2.05, 4.69) is 39.3 Å². The second-order valence-corrected chi connectivity index (χ2v) is 151. The van der Waals surface area contributed by atoms with E-state index in [1.807, 2.05) is 0 Å². The second-order valence-electron chi connectivity index (χ2n) is 5.10. The molecule has 0 radical (unpaired) electrons. The Labute approximate surface area is 125 Å². The van der Waals surface area contributed by atoms with Crippen molar-refractivity contribution >= 4 is 89.1 Å². The molecule has 0 aromatic heterocycles. The number of rotatable bonds is 0. The number of hydrogen-bond donors (Lipinski definition) is 0. The van der Waals surface area contributed by atoms with Crippen LogP contribution in [0.15, 0.2) is 0 Å². The monoisotopic (exact) mass is 722 g/mol. The molecule has 2 aliphatic rings. The molecule has 0 aromatic carbocycles. The molecule has 2 aliphatic heterocycles. The van der Waals surface area contributed by atoms with Crippen LogP contribution in [0.4, 0.5) is 0 Å². The van der Waals surface area contributed by atoms with E-state index in [1.165, 1.54) is 0 Å². The Morgan fingerprint density at radius 3 is 0.929 bits per heavy atom. The zero-order chi connectivity index (χ0) is 10.8. The van der Waals surface area contributed by atoms with Gasteiger partial charge in [-0.05, 0) is 0 Å². The van der Waals surface area contributed by atoms with Crippen molar-refractivity contribution in [3.8, 4) is 0 Å². The fourth-order valence-corrected chi connectivity index (χ4v) is 953. The molecule has 0 N–H and O–H groups in total. The molecule has 14 heavy (non-hydrogen) atoms. The first kappa shape index (κ1) is 14.4. The van der Waals surface area contributed by atoms with Crippen LogP contribution in [0.1, 0.15) is 0 Å². The van der Waals surface area contributed by atoms with E-state index in [9.17, 15) is 0 Å². The Kier molecular flexibility index (Phi) is 4.40. The van der Waals surface area contributed by atoms with Crippen LogP contribution in [0.5, 0.6) is 0 Å². The van der Waals surface area contributed by atoms with Gasteiger partial charge in [-0.15, -0.1) is 0 Å². The molecule has 0 nitrogen and oxygen atoms in total. The van der Waals surface area contributed by atoms with Gasteiger partial charge in [0.1, 0.15) is 0 Å². The van der Waals surface area contributed by atoms with Gasteiger partial charge in [0.2, 0.25) is 0 Å². The van der Waals surface area contributed by atoms with Gasteiger partial charge in [-0.3, -0.25) is 0 Å². The summed E-state index contributed by atoms with van der Waals surface area (Å²) < 4.78 is -1.36. The van der Waals surface area contributed by atoms with Crippen molar-refractivity contribution in [2.24, 2.45) is 0 Å². The van der Waals surface area contributed by atoms with Crippen molar-refractivity contribution in [3.63, 3.8) is 0 Å². The van der Waals surface area contributed by atoms with E-state index in [4.69, 9.17) is 0 Å². The molecule has 2 saturated heterocycles. The van der Waals surface area contributed by atoms with E-state index < -0.39 is 0 Å². The molecule has 0 unspecified atom stereocenters. The first-order valence-corrected chi connectivity index (χ1v) is 44.1. The van der Waals surface area contributed by atoms with E-state index in [-0.39, 0.29) is 11.7 Å². The summed E-state index contributed by atoms with van der Waals surface area (Å²) in [7, 11) is 0. The summed E-state index contributed by atoms with van der Waals surface area (Å²) in [6.07, 6.45) is 0. The molecule has 0 bridgehead atoms. The predicted molar refractivity (Wildman–Crippen MR) is 81.2 cm³/mol. The molecule has 0 aliphatic carbocycles. The third-order valence-corrected chi connectivity index (χ3v) is 340. The van der Waals surface area contributed by atoms with E-state index in [0.717, 1.165) is 0 Å². The van der Waals surface area contributed by atoms with E-state index in [0.29, 0.717) is 77.4 Å². The molecule has 0 amide bonds. The van der Waals surface area contributed by atoms with Crippen molar-refractivity contribution in [1.82, 2.24) is 0 Å². The second kappa shape index (κ2) is 4.26. The molecule has 0 saturated carbocycles. The first-order chi connectivity index (χ1) is 6.08. The van der Waals surface area contributed by atoms with Crippen LogP contribution in [-0.4, -0.2) is 89.1 Å². The Morgan fingerprint density at radius 2 is 0.714 bits per heavy atom. The van der Waals surface area contributed by atoms with Gasteiger partial charge in [0.15, 0.2) is 0 Å². The van der Waals surface area contributed by atoms with Gasteiger partial charge in [0.05, 0.1) is 0 Å². The van der Waals surface area contributed by atoms with Crippen LogP contribution >= 0.6 is 0 Å². The minimum absolute atomic E-state index is 0.310. The van der Waals surface area contributed by atoms with Crippen LogP contribution in [0.25, 0.3) is 0 Å². The first-order valence-electron chi connectivity index (χ1n) is 4.88. The van der Waals surface area contributed by atoms with Gasteiger partial charge in [0, 0.05) is 0 Å². The molecule has 82 valence electrons. The summed E-state index contributed by atoms with van der Waals surface area (Å²) >= 11 is 2.75. The van der Waals surface area contributed by atoms with Crippen LogP contribution < -0.4 is 0 Å². The van der Waals surface area contributed by atoms with Crippen molar-refractivity contribution in [2.75, 3.05) is 0 Å². The fraction of sp³-hybridized carbons (Fsp3) is 1.00. The molecule has 0 spiro atoms. The molecule has 0 atom stereocenters. The SMILES string of the molecule is C[Si]1(C)[Te][Si]2(C)[Te][Si](C)(C)[Te][Si]2(C)[Te]1. The van der Waals surface area contributed by atoms with Crippen LogP contribution in [0, 0.1) is 0 Å². The normalized spacial score (nSPS) is 49.3. The summed E-state index contributed by atoms with van der Waals surface area (Å²) in [6, 6.07) is 0. The van der Waals surface area contributed by atoms with Crippen LogP contribution in [0.3, 0.4) is 0 Å². The third-order valence-electron chi connectivity index (χ3n) is 2.59. The molecule has 2 fully saturated rings. The molecular formula is C6H18Si4Te4. The molecule has 2 rings (SSSR count). The summed E-state index contributed by atoms with van der Waals surface area (Å²) in [5.41, 5.74) is 0. The zero-order valence-electron chi connectivity index (χ0n) is 9.63. The summed E-state index contributed by atoms with van der Waals surface area (Å²) in [5, 5.41) is 0. The standard InChI is InChI=1S/C6H18Si4Te4/c1-7(2)11-9(5)10(6,12-7)14-8(3,4)13-9/h1-6H3. The number of fused-ring (bicyclic) bond motifs is 1. The molecule has 2 heterocycles. The molecular weight excluding hydrogens is 695 g/mol. The maximum atomic E-state index is 2.99. The Morgan fingerprint density at radius 1 is 0.500 bits per heavy atom. The Balaban J connectivity index is 2.34. The average Bonchev–Trinajstić information content (AvgIpc) is 1.99. The van der Waals surface area contributed by atoms with Crippen molar-refractivity contribution in [2.45, 2.75) is 39.3 Å². The van der Waals surface area contributed by atoms with Gasteiger partial charge >= 0.3 is 128 Å². The topological polar surface area (TPSA) is 0 Å². The fourth-order valence-electron chi connectivity index (χ4n) is 2.33. The van der Waals surface area contributed by atoms with Crippen molar-refractivity contribution in [3.05, 3.63) is 0 Å². The van der Waals surface area contributed by atoms with E-state index >= 15 is 0 Å². The van der Waals surface area contributed by atoms with Crippen LogP contribution in [-0.2, 0) is 0 Å². The number of hydrogen-bond acceptors (Lipinski definition) is 0. The van der Waals surface area contributed by atoms with Crippen molar-refractivity contribution < 1.29 is 0 Å². The summed E-state index contributed by atoms with van der Waals surface area (Å²) in [6.45, 7) is 17.3. The van der Waals surface area contributed by atoms with Gasteiger partial charge in [-0.25, -0.2) is 0 Å². The summed E-state index contributed by atoms with van der Waals surface area (Å²) in [4.78, 5) is 0. The van der Waals surface area contributed by atoms with E-state index in [1.54, 1.807) is 0 Å². The maximum absolute atomic E-state index is 2.99. The van der Waals surface area contributed by atoms with Crippen molar-refractivity contribution in [1.29, 1.82) is 0 Å². The summed E-state index contributed by atoms with van der Waals surface area (Å²) in [5.74, 6) is 0. The van der Waals surface area contributed by atoms with Crippen LogP contribution in [0.2, 0.25) is 39.3 Å². The quantitative estimate of drug-likeness (QED) is 0.321. The molecule has 0 aromatic rings. The Hall–Kier alpha value is 4.03. The van der Waals surface area contributed by atoms with Gasteiger partial charge in [-0.1, -0.05) is 0 Å². The third kappa shape index (κ3) is 2.64. The van der Waals surface area contributed by atoms with Gasteiger partial charge in [-0.2, -0.15) is 0 Å². The Bertz CT molecular complexity index is 235. The molecule has 8 heteroatoms. The zero-order valence-corrected chi connectivity index (χ0v) is 23.0. The van der Waals surface area contributed by atoms with Gasteiger partial charge < -0.3 is 0 Å². The predicted octanol–water partition coefficient (Wildman–Crippen LogP) is 0.456. The van der Waals surface area contributed by atoms with Gasteiger partial charge in [0.25, 0.3) is 0 Å².